The maximum atomic E-state index is 12.6. The minimum atomic E-state index is -4.41. The summed E-state index contributed by atoms with van der Waals surface area (Å²) in [6.45, 7) is 2.65. The molecule has 0 atom stereocenters. The molecule has 0 bridgehead atoms. The van der Waals surface area contributed by atoms with Crippen molar-refractivity contribution in [2.75, 3.05) is 10.6 Å². The van der Waals surface area contributed by atoms with Crippen molar-refractivity contribution in [2.45, 2.75) is 19.6 Å². The summed E-state index contributed by atoms with van der Waals surface area (Å²) in [4.78, 5) is 16.3. The number of benzene rings is 2. The third-order valence-corrected chi connectivity index (χ3v) is 4.08. The first kappa shape index (κ1) is 19.4. The fourth-order valence-electron chi connectivity index (χ4n) is 2.48. The van der Waals surface area contributed by atoms with E-state index in [0.29, 0.717) is 6.54 Å². The van der Waals surface area contributed by atoms with Crippen molar-refractivity contribution in [1.29, 1.82) is 0 Å². The molecule has 0 saturated heterocycles. The van der Waals surface area contributed by atoms with Crippen molar-refractivity contribution < 1.29 is 18.0 Å². The standard InChI is InChI=1S/C21H18F3N3O/c1-14-2-4-15(5-3-14)12-25-18-10-11-19(26-13-18)20(28)27-17-8-6-16(7-9-17)21(22,23)24/h2-11,13,25H,12H2,1H3,(H,27,28). The first-order chi connectivity index (χ1) is 13.3. The molecule has 4 nitrogen and oxygen atoms in total. The van der Waals surface area contributed by atoms with Crippen LogP contribution in [0.15, 0.2) is 66.9 Å². The predicted octanol–water partition coefficient (Wildman–Crippen LogP) is 5.27. The van der Waals surface area contributed by atoms with E-state index in [4.69, 9.17) is 0 Å². The maximum absolute atomic E-state index is 12.6. The summed E-state index contributed by atoms with van der Waals surface area (Å²) in [6.07, 6.45) is -2.87. The van der Waals surface area contributed by atoms with Gasteiger partial charge in [0, 0.05) is 12.2 Å². The van der Waals surface area contributed by atoms with Gasteiger partial charge in [-0.15, -0.1) is 0 Å². The summed E-state index contributed by atoms with van der Waals surface area (Å²) >= 11 is 0. The van der Waals surface area contributed by atoms with Crippen LogP contribution >= 0.6 is 0 Å². The zero-order valence-corrected chi connectivity index (χ0v) is 15.0. The Morgan fingerprint density at radius 1 is 0.929 bits per heavy atom. The lowest BCUT2D eigenvalue weighted by molar-refractivity contribution is -0.137. The highest BCUT2D eigenvalue weighted by atomic mass is 19.4. The Morgan fingerprint density at radius 3 is 2.14 bits per heavy atom. The van der Waals surface area contributed by atoms with Crippen LogP contribution in [0.2, 0.25) is 0 Å². The van der Waals surface area contributed by atoms with Crippen LogP contribution in [0, 0.1) is 6.92 Å². The number of aromatic nitrogens is 1. The Kier molecular flexibility index (Phi) is 5.63. The summed E-state index contributed by atoms with van der Waals surface area (Å²) in [7, 11) is 0. The summed E-state index contributed by atoms with van der Waals surface area (Å²) < 4.78 is 37.7. The van der Waals surface area contributed by atoms with Crippen molar-refractivity contribution in [3.63, 3.8) is 0 Å². The average molecular weight is 385 g/mol. The third kappa shape index (κ3) is 5.09. The molecule has 28 heavy (non-hydrogen) atoms. The minimum Gasteiger partial charge on any atom is -0.380 e. The first-order valence-corrected chi connectivity index (χ1v) is 8.55. The normalized spacial score (nSPS) is 11.1. The van der Waals surface area contributed by atoms with E-state index in [9.17, 15) is 18.0 Å². The zero-order valence-electron chi connectivity index (χ0n) is 15.0. The van der Waals surface area contributed by atoms with E-state index in [1.165, 1.54) is 23.9 Å². The van der Waals surface area contributed by atoms with E-state index in [1.54, 1.807) is 12.1 Å². The van der Waals surface area contributed by atoms with Crippen molar-refractivity contribution in [3.05, 3.63) is 89.2 Å². The predicted molar refractivity (Wildman–Crippen MR) is 102 cm³/mol. The number of carbonyl (C=O) groups excluding carboxylic acids is 1. The molecule has 0 spiro atoms. The molecule has 7 heteroatoms. The topological polar surface area (TPSA) is 54.0 Å². The molecule has 1 aromatic heterocycles. The number of rotatable bonds is 5. The van der Waals surface area contributed by atoms with Gasteiger partial charge in [-0.1, -0.05) is 29.8 Å². The van der Waals surface area contributed by atoms with E-state index >= 15 is 0 Å². The SMILES string of the molecule is Cc1ccc(CNc2ccc(C(=O)Nc3ccc(C(F)(F)F)cc3)nc2)cc1. The number of nitrogens with zero attached hydrogens (tertiary/aromatic N) is 1. The number of hydrogen-bond donors (Lipinski definition) is 2. The molecule has 0 fully saturated rings. The number of halogens is 3. The van der Waals surface area contributed by atoms with Crippen LogP contribution in [0.4, 0.5) is 24.5 Å². The molecular weight excluding hydrogens is 367 g/mol. The van der Waals surface area contributed by atoms with Gasteiger partial charge in [0.1, 0.15) is 5.69 Å². The van der Waals surface area contributed by atoms with Gasteiger partial charge in [0.15, 0.2) is 0 Å². The number of pyridine rings is 1. The maximum Gasteiger partial charge on any atom is 0.416 e. The van der Waals surface area contributed by atoms with Crippen LogP contribution in [-0.4, -0.2) is 10.9 Å². The van der Waals surface area contributed by atoms with E-state index in [0.717, 1.165) is 23.4 Å². The van der Waals surface area contributed by atoms with E-state index < -0.39 is 17.6 Å². The van der Waals surface area contributed by atoms with Gasteiger partial charge >= 0.3 is 6.18 Å². The highest BCUT2D eigenvalue weighted by molar-refractivity contribution is 6.02. The largest absolute Gasteiger partial charge is 0.416 e. The molecular formula is C21H18F3N3O. The van der Waals surface area contributed by atoms with Crippen molar-refractivity contribution in [2.24, 2.45) is 0 Å². The Hall–Kier alpha value is -3.35. The molecule has 3 rings (SSSR count). The monoisotopic (exact) mass is 385 g/mol. The van der Waals surface area contributed by atoms with Gasteiger partial charge in [-0.3, -0.25) is 4.79 Å². The molecule has 0 radical (unpaired) electrons. The molecule has 0 unspecified atom stereocenters. The fourth-order valence-corrected chi connectivity index (χ4v) is 2.48. The van der Waals surface area contributed by atoms with Gasteiger partial charge in [-0.2, -0.15) is 13.2 Å². The van der Waals surface area contributed by atoms with Crippen LogP contribution in [0.5, 0.6) is 0 Å². The third-order valence-electron chi connectivity index (χ3n) is 4.08. The smallest absolute Gasteiger partial charge is 0.380 e. The molecule has 2 aromatic carbocycles. The van der Waals surface area contributed by atoms with Crippen LogP contribution in [0.25, 0.3) is 0 Å². The van der Waals surface area contributed by atoms with Crippen molar-refractivity contribution in [1.82, 2.24) is 4.98 Å². The minimum absolute atomic E-state index is 0.167. The number of carbonyl (C=O) groups is 1. The highest BCUT2D eigenvalue weighted by Crippen LogP contribution is 2.29. The molecule has 2 N–H and O–H groups in total. The summed E-state index contributed by atoms with van der Waals surface area (Å²) in [5, 5.41) is 5.75. The Morgan fingerprint density at radius 2 is 1.57 bits per heavy atom. The van der Waals surface area contributed by atoms with Crippen LogP contribution in [0.1, 0.15) is 27.2 Å². The highest BCUT2D eigenvalue weighted by Gasteiger charge is 2.30. The van der Waals surface area contributed by atoms with Crippen LogP contribution < -0.4 is 10.6 Å². The van der Waals surface area contributed by atoms with E-state index in [1.807, 2.05) is 31.2 Å². The number of aryl methyl sites for hydroxylation is 1. The molecule has 0 aliphatic carbocycles. The second-order valence-electron chi connectivity index (χ2n) is 6.30. The first-order valence-electron chi connectivity index (χ1n) is 8.55. The number of alkyl halides is 3. The van der Waals surface area contributed by atoms with Crippen molar-refractivity contribution in [3.8, 4) is 0 Å². The number of hydrogen-bond acceptors (Lipinski definition) is 3. The van der Waals surface area contributed by atoms with Crippen LogP contribution in [0.3, 0.4) is 0 Å². The van der Waals surface area contributed by atoms with Gasteiger partial charge in [0.05, 0.1) is 17.4 Å². The summed E-state index contributed by atoms with van der Waals surface area (Å²) in [5.41, 5.74) is 2.73. The Labute approximate surface area is 160 Å². The number of amides is 1. The van der Waals surface area contributed by atoms with Gasteiger partial charge < -0.3 is 10.6 Å². The van der Waals surface area contributed by atoms with Gasteiger partial charge in [0.2, 0.25) is 0 Å². The number of anilines is 2. The molecule has 3 aromatic rings. The molecule has 144 valence electrons. The second kappa shape index (κ2) is 8.12. The lowest BCUT2D eigenvalue weighted by Gasteiger charge is -2.09. The number of nitrogens with one attached hydrogen (secondary N) is 2. The lowest BCUT2D eigenvalue weighted by atomic mass is 10.1. The fraction of sp³-hybridized carbons (Fsp3) is 0.143. The van der Waals surface area contributed by atoms with E-state index in [2.05, 4.69) is 15.6 Å². The molecule has 0 aliphatic heterocycles. The molecule has 1 heterocycles. The second-order valence-corrected chi connectivity index (χ2v) is 6.30. The van der Waals surface area contributed by atoms with Crippen molar-refractivity contribution >= 4 is 17.3 Å². The van der Waals surface area contributed by atoms with Gasteiger partial charge in [-0.05, 0) is 48.9 Å². The van der Waals surface area contributed by atoms with Gasteiger partial charge in [-0.25, -0.2) is 4.98 Å². The molecule has 1 amide bonds. The quantitative estimate of drug-likeness (QED) is 0.629. The zero-order chi connectivity index (χ0) is 20.1. The van der Waals surface area contributed by atoms with Crippen LogP contribution in [-0.2, 0) is 12.7 Å². The Bertz CT molecular complexity index is 935. The summed E-state index contributed by atoms with van der Waals surface area (Å²) in [6, 6.07) is 15.6. The van der Waals surface area contributed by atoms with Gasteiger partial charge in [0.25, 0.3) is 5.91 Å². The van der Waals surface area contributed by atoms with E-state index in [-0.39, 0.29) is 11.4 Å². The average Bonchev–Trinajstić information content (AvgIpc) is 2.67. The summed E-state index contributed by atoms with van der Waals surface area (Å²) in [5.74, 6) is -0.496. The molecule has 0 aliphatic rings. The lowest BCUT2D eigenvalue weighted by Crippen LogP contribution is -2.14. The Balaban J connectivity index is 1.58. The molecule has 0 saturated carbocycles.